The summed E-state index contributed by atoms with van der Waals surface area (Å²) in [5.41, 5.74) is -0.783. The number of hydrogen-bond acceptors (Lipinski definition) is 7. The van der Waals surface area contributed by atoms with E-state index in [9.17, 15) is 31.2 Å². The summed E-state index contributed by atoms with van der Waals surface area (Å²) in [6.07, 6.45) is -4.93. The summed E-state index contributed by atoms with van der Waals surface area (Å²) in [6, 6.07) is 6.81. The van der Waals surface area contributed by atoms with E-state index in [1.54, 1.807) is 0 Å². The Bertz CT molecular complexity index is 1100. The number of esters is 2. The summed E-state index contributed by atoms with van der Waals surface area (Å²) in [6.45, 7) is -0.994. The number of benzene rings is 2. The van der Waals surface area contributed by atoms with Crippen LogP contribution in [0.2, 0.25) is 5.02 Å². The minimum absolute atomic E-state index is 0.138. The number of carbonyl (C=O) groups excluding carboxylic acids is 2. The molecule has 0 saturated carbocycles. The molecular formula is C18H15ClF3NO7S. The Hall–Kier alpha value is -2.83. The van der Waals surface area contributed by atoms with Crippen molar-refractivity contribution in [3.05, 3.63) is 58.1 Å². The summed E-state index contributed by atoms with van der Waals surface area (Å²) in [5, 5.41) is -0.473. The summed E-state index contributed by atoms with van der Waals surface area (Å²) >= 11 is 5.98. The molecule has 0 bridgehead atoms. The van der Waals surface area contributed by atoms with Gasteiger partial charge in [0.2, 0.25) is 0 Å². The normalized spacial score (nSPS) is 11.7. The molecular weight excluding hydrogens is 467 g/mol. The highest BCUT2D eigenvalue weighted by Crippen LogP contribution is 2.30. The Labute approximate surface area is 179 Å². The quantitative estimate of drug-likeness (QED) is 0.600. The Kier molecular flexibility index (Phi) is 7.52. The summed E-state index contributed by atoms with van der Waals surface area (Å²) in [7, 11) is -2.24. The van der Waals surface area contributed by atoms with Crippen LogP contribution in [-0.2, 0) is 30.8 Å². The van der Waals surface area contributed by atoms with Crippen molar-refractivity contribution in [3.63, 3.8) is 0 Å². The first-order chi connectivity index (χ1) is 14.4. The van der Waals surface area contributed by atoms with Crippen LogP contribution < -0.4 is 4.72 Å². The van der Waals surface area contributed by atoms with Gasteiger partial charge in [-0.05, 0) is 29.8 Å². The monoisotopic (exact) mass is 481 g/mol. The van der Waals surface area contributed by atoms with Crippen LogP contribution in [0.3, 0.4) is 0 Å². The Morgan fingerprint density at radius 1 is 1.03 bits per heavy atom. The summed E-state index contributed by atoms with van der Waals surface area (Å²) in [4.78, 5) is 23.2. The molecule has 0 aliphatic carbocycles. The van der Waals surface area contributed by atoms with Crippen molar-refractivity contribution in [1.82, 2.24) is 0 Å². The van der Waals surface area contributed by atoms with E-state index in [2.05, 4.69) is 18.9 Å². The van der Waals surface area contributed by atoms with Gasteiger partial charge in [-0.1, -0.05) is 23.7 Å². The molecule has 8 nitrogen and oxygen atoms in total. The first kappa shape index (κ1) is 24.4. The average Bonchev–Trinajstić information content (AvgIpc) is 2.70. The van der Waals surface area contributed by atoms with Crippen molar-refractivity contribution in [1.29, 1.82) is 0 Å². The van der Waals surface area contributed by atoms with Crippen molar-refractivity contribution in [2.45, 2.75) is 17.9 Å². The van der Waals surface area contributed by atoms with Crippen LogP contribution in [0.15, 0.2) is 41.3 Å². The van der Waals surface area contributed by atoms with Gasteiger partial charge in [0.25, 0.3) is 10.0 Å². The Morgan fingerprint density at radius 2 is 1.65 bits per heavy atom. The minimum atomic E-state index is -4.93. The van der Waals surface area contributed by atoms with Crippen LogP contribution in [0.25, 0.3) is 0 Å². The van der Waals surface area contributed by atoms with E-state index in [4.69, 9.17) is 11.6 Å². The number of rotatable bonds is 7. The second-order valence-electron chi connectivity index (χ2n) is 5.81. The first-order valence-corrected chi connectivity index (χ1v) is 10.1. The van der Waals surface area contributed by atoms with Crippen LogP contribution in [0, 0.1) is 0 Å². The number of alkyl halides is 3. The third-order valence-electron chi connectivity index (χ3n) is 3.81. The number of ether oxygens (including phenoxy) is 3. The predicted molar refractivity (Wildman–Crippen MR) is 102 cm³/mol. The topological polar surface area (TPSA) is 108 Å². The fraction of sp³-hybridized carbons (Fsp3) is 0.222. The SMILES string of the molecule is COC(=O)c1ccc(NS(=O)(=O)c2cccc(COC(F)(F)F)c2Cl)cc1C(=O)OC. The zero-order chi connectivity index (χ0) is 23.4. The zero-order valence-corrected chi connectivity index (χ0v) is 17.5. The molecule has 0 saturated heterocycles. The van der Waals surface area contributed by atoms with Gasteiger partial charge >= 0.3 is 18.3 Å². The largest absolute Gasteiger partial charge is 0.522 e. The van der Waals surface area contributed by atoms with Crippen LogP contribution >= 0.6 is 11.6 Å². The predicted octanol–water partition coefficient (Wildman–Crippen LogP) is 3.75. The van der Waals surface area contributed by atoms with E-state index in [1.165, 1.54) is 18.2 Å². The highest BCUT2D eigenvalue weighted by Gasteiger charge is 2.30. The van der Waals surface area contributed by atoms with Crippen LogP contribution in [-0.4, -0.2) is 40.9 Å². The first-order valence-electron chi connectivity index (χ1n) is 8.21. The van der Waals surface area contributed by atoms with Gasteiger partial charge < -0.3 is 9.47 Å². The standard InChI is InChI=1S/C18H15ClF3NO7S/c1-28-16(24)12-7-6-11(8-13(12)17(25)29-2)23-31(26,27)14-5-3-4-10(15(14)19)9-30-18(20,21)22/h3-8,23H,9H2,1-2H3. The number of carbonyl (C=O) groups is 2. The molecule has 31 heavy (non-hydrogen) atoms. The van der Waals surface area contributed by atoms with Crippen molar-refractivity contribution < 1.29 is 45.4 Å². The Morgan fingerprint density at radius 3 is 2.23 bits per heavy atom. The van der Waals surface area contributed by atoms with Gasteiger partial charge in [-0.2, -0.15) is 0 Å². The third-order valence-corrected chi connectivity index (χ3v) is 5.79. The van der Waals surface area contributed by atoms with E-state index in [0.29, 0.717) is 0 Å². The van der Waals surface area contributed by atoms with E-state index >= 15 is 0 Å². The molecule has 0 aromatic heterocycles. The number of sulfonamides is 1. The summed E-state index contributed by atoms with van der Waals surface area (Å²) in [5.74, 6) is -1.78. The number of methoxy groups -OCH3 is 2. The van der Waals surface area contributed by atoms with E-state index in [1.807, 2.05) is 0 Å². The van der Waals surface area contributed by atoms with Crippen molar-refractivity contribution in [2.24, 2.45) is 0 Å². The minimum Gasteiger partial charge on any atom is -0.465 e. The van der Waals surface area contributed by atoms with E-state index < -0.39 is 44.8 Å². The third kappa shape index (κ3) is 6.09. The molecule has 2 aromatic carbocycles. The van der Waals surface area contributed by atoms with Crippen molar-refractivity contribution in [3.8, 4) is 0 Å². The zero-order valence-electron chi connectivity index (χ0n) is 15.9. The molecule has 2 aromatic rings. The fourth-order valence-electron chi connectivity index (χ4n) is 2.42. The molecule has 0 amide bonds. The summed E-state index contributed by atoms with van der Waals surface area (Å²) < 4.78 is 77.3. The van der Waals surface area contributed by atoms with Crippen LogP contribution in [0.5, 0.6) is 0 Å². The highest BCUT2D eigenvalue weighted by molar-refractivity contribution is 7.92. The maximum Gasteiger partial charge on any atom is 0.522 e. The van der Waals surface area contributed by atoms with Gasteiger partial charge in [0.05, 0.1) is 37.0 Å². The van der Waals surface area contributed by atoms with Crippen molar-refractivity contribution >= 4 is 39.3 Å². The lowest BCUT2D eigenvalue weighted by Gasteiger charge is -2.14. The molecule has 0 atom stereocenters. The lowest BCUT2D eigenvalue weighted by molar-refractivity contribution is -0.330. The number of anilines is 1. The molecule has 0 radical (unpaired) electrons. The fourth-order valence-corrected chi connectivity index (χ4v) is 4.08. The van der Waals surface area contributed by atoms with Gasteiger partial charge in [0.1, 0.15) is 4.90 Å². The maximum atomic E-state index is 12.7. The number of halogens is 4. The van der Waals surface area contributed by atoms with Crippen LogP contribution in [0.1, 0.15) is 26.3 Å². The highest BCUT2D eigenvalue weighted by atomic mass is 35.5. The van der Waals surface area contributed by atoms with Gasteiger partial charge in [0.15, 0.2) is 0 Å². The molecule has 0 spiro atoms. The van der Waals surface area contributed by atoms with Gasteiger partial charge in [-0.3, -0.25) is 9.46 Å². The molecule has 0 aliphatic heterocycles. The Balaban J connectivity index is 2.40. The van der Waals surface area contributed by atoms with Gasteiger partial charge in [-0.15, -0.1) is 13.2 Å². The smallest absolute Gasteiger partial charge is 0.465 e. The second-order valence-corrected chi connectivity index (χ2v) is 7.84. The molecule has 168 valence electrons. The molecule has 0 heterocycles. The number of hydrogen-bond donors (Lipinski definition) is 1. The molecule has 2 rings (SSSR count). The van der Waals surface area contributed by atoms with Crippen molar-refractivity contribution in [2.75, 3.05) is 18.9 Å². The second kappa shape index (κ2) is 9.54. The maximum absolute atomic E-state index is 12.7. The molecule has 0 unspecified atom stereocenters. The average molecular weight is 482 g/mol. The lowest BCUT2D eigenvalue weighted by Crippen LogP contribution is -2.17. The van der Waals surface area contributed by atoms with E-state index in [0.717, 1.165) is 32.4 Å². The van der Waals surface area contributed by atoms with Crippen LogP contribution in [0.4, 0.5) is 18.9 Å². The molecule has 1 N–H and O–H groups in total. The van der Waals surface area contributed by atoms with Gasteiger partial charge in [0, 0.05) is 5.69 Å². The molecule has 0 fully saturated rings. The lowest BCUT2D eigenvalue weighted by atomic mass is 10.1. The molecule has 13 heteroatoms. The molecule has 0 aliphatic rings. The number of nitrogens with one attached hydrogen (secondary N) is 1. The van der Waals surface area contributed by atoms with Gasteiger partial charge in [-0.25, -0.2) is 18.0 Å². The van der Waals surface area contributed by atoms with E-state index in [-0.39, 0.29) is 22.4 Å².